The van der Waals surface area contributed by atoms with E-state index in [0.29, 0.717) is 19.5 Å². The van der Waals surface area contributed by atoms with Crippen LogP contribution in [-0.2, 0) is 19.7 Å². The van der Waals surface area contributed by atoms with Gasteiger partial charge in [-0.25, -0.2) is 8.42 Å². The van der Waals surface area contributed by atoms with Gasteiger partial charge in [-0.1, -0.05) is 17.7 Å². The molecule has 0 N–H and O–H groups in total. The van der Waals surface area contributed by atoms with E-state index in [2.05, 4.69) is 10.1 Å². The number of nitrogens with zero attached hydrogens (tertiary/aromatic N) is 4. The lowest BCUT2D eigenvalue weighted by Gasteiger charge is -2.34. The molecule has 1 fully saturated rings. The van der Waals surface area contributed by atoms with Gasteiger partial charge in [0.25, 0.3) is 12.5 Å². The number of carbonyl (C=O) groups excluding carboxylic acids is 1. The lowest BCUT2D eigenvalue weighted by atomic mass is 10.2. The maximum absolute atomic E-state index is 12.7. The average Bonchev–Trinajstić information content (AvgIpc) is 2.55. The first-order valence-corrected chi connectivity index (χ1v) is 8.82. The van der Waals surface area contributed by atoms with Crippen molar-refractivity contribution in [1.82, 2.24) is 9.21 Å². The summed E-state index contributed by atoms with van der Waals surface area (Å²) >= 11 is 0. The number of hydrogen-bond acceptors (Lipinski definition) is 6. The minimum absolute atomic E-state index is 0.0874. The van der Waals surface area contributed by atoms with Gasteiger partial charge in [-0.3, -0.25) is 4.79 Å². The fourth-order valence-electron chi connectivity index (χ4n) is 2.36. The van der Waals surface area contributed by atoms with E-state index in [-0.39, 0.29) is 16.4 Å². The molecule has 24 heavy (non-hydrogen) atoms. The molecule has 132 valence electrons. The Morgan fingerprint density at radius 2 is 2.00 bits per heavy atom. The quantitative estimate of drug-likeness (QED) is 0.439. The summed E-state index contributed by atoms with van der Waals surface area (Å²) in [5, 5.41) is 14.4. The molecule has 0 aromatic heterocycles. The topological polar surface area (TPSA) is 105 Å². The van der Waals surface area contributed by atoms with Crippen molar-refractivity contribution in [2.24, 2.45) is 5.28 Å². The number of aryl methyl sites for hydroxylation is 1. The van der Waals surface area contributed by atoms with Gasteiger partial charge in [-0.15, -0.1) is 0 Å². The predicted octanol–water partition coefficient (Wildman–Crippen LogP) is 0.699. The van der Waals surface area contributed by atoms with Crippen LogP contribution < -0.4 is 0 Å². The highest BCUT2D eigenvalue weighted by atomic mass is 32.2. The molecule has 0 radical (unpaired) electrons. The molecule has 0 spiro atoms. The second kappa shape index (κ2) is 7.58. The summed E-state index contributed by atoms with van der Waals surface area (Å²) in [6.45, 7) is 1.97. The number of carbonyl (C=O) groups is 1. The third-order valence-electron chi connectivity index (χ3n) is 3.62. The molecule has 2 rings (SSSR count). The maximum atomic E-state index is 12.7. The van der Waals surface area contributed by atoms with Crippen LogP contribution in [0.4, 0.5) is 0 Å². The van der Waals surface area contributed by atoms with Gasteiger partial charge < -0.3 is 14.9 Å². The Morgan fingerprint density at radius 1 is 1.33 bits per heavy atom. The van der Waals surface area contributed by atoms with E-state index in [4.69, 9.17) is 0 Å². The van der Waals surface area contributed by atoms with Gasteiger partial charge in [-0.05, 0) is 30.3 Å². The molecule has 0 saturated carbocycles. The number of amides is 1. The molecule has 0 bridgehead atoms. The molecule has 0 unspecified atom stereocenters. The van der Waals surface area contributed by atoms with Crippen molar-refractivity contribution >= 4 is 15.9 Å². The van der Waals surface area contributed by atoms with Gasteiger partial charge in [0, 0.05) is 13.1 Å². The molecule has 1 aromatic rings. The van der Waals surface area contributed by atoms with Crippen LogP contribution in [0.15, 0.2) is 34.4 Å². The molecule has 0 atom stereocenters. The Morgan fingerprint density at radius 3 is 2.62 bits per heavy atom. The summed E-state index contributed by atoms with van der Waals surface area (Å²) < 4.78 is 26.6. The highest BCUT2D eigenvalue weighted by Crippen LogP contribution is 2.19. The summed E-state index contributed by atoms with van der Waals surface area (Å²) in [6, 6.07) is 6.53. The van der Waals surface area contributed by atoms with Crippen molar-refractivity contribution in [1.29, 1.82) is 0 Å². The van der Waals surface area contributed by atoms with Crippen molar-refractivity contribution in [2.75, 3.05) is 33.4 Å². The Bertz CT molecular complexity index is 717. The SMILES string of the molecule is CO/N=[N+](\[O-])CC(=O)N1CCCN(S(=O)(=O)c2ccc(C)cc2)C1. The molecular weight excluding hydrogens is 336 g/mol. The lowest BCUT2D eigenvalue weighted by Crippen LogP contribution is -2.50. The lowest BCUT2D eigenvalue weighted by molar-refractivity contribution is -0.547. The molecule has 1 aliphatic heterocycles. The zero-order chi connectivity index (χ0) is 17.7. The van der Waals surface area contributed by atoms with E-state index in [1.807, 2.05) is 6.92 Å². The van der Waals surface area contributed by atoms with Gasteiger partial charge in [-0.2, -0.15) is 4.31 Å². The van der Waals surface area contributed by atoms with Gasteiger partial charge in [0.2, 0.25) is 10.0 Å². The van der Waals surface area contributed by atoms with E-state index in [9.17, 15) is 18.4 Å². The van der Waals surface area contributed by atoms with Crippen molar-refractivity contribution in [2.45, 2.75) is 18.2 Å². The van der Waals surface area contributed by atoms with Gasteiger partial charge >= 0.3 is 0 Å². The first kappa shape index (κ1) is 18.1. The van der Waals surface area contributed by atoms with Crippen LogP contribution in [0.3, 0.4) is 0 Å². The summed E-state index contributed by atoms with van der Waals surface area (Å²) in [7, 11) is -2.48. The number of rotatable bonds is 5. The molecule has 1 aliphatic rings. The molecule has 1 aromatic carbocycles. The molecule has 0 aliphatic carbocycles. The number of hydroxylamine groups is 1. The van der Waals surface area contributed by atoms with Crippen molar-refractivity contribution in [3.63, 3.8) is 0 Å². The zero-order valence-electron chi connectivity index (χ0n) is 13.6. The summed E-state index contributed by atoms with van der Waals surface area (Å²) in [5.41, 5.74) is 0.960. The minimum atomic E-state index is -3.68. The highest BCUT2D eigenvalue weighted by Gasteiger charge is 2.32. The van der Waals surface area contributed by atoms with E-state index in [0.717, 1.165) is 5.56 Å². The Labute approximate surface area is 140 Å². The monoisotopic (exact) mass is 356 g/mol. The molecule has 1 amide bonds. The van der Waals surface area contributed by atoms with Crippen molar-refractivity contribution in [3.05, 3.63) is 35.0 Å². The maximum Gasteiger partial charge on any atom is 0.293 e. The smallest absolute Gasteiger partial charge is 0.293 e. The normalized spacial score (nSPS) is 16.9. The van der Waals surface area contributed by atoms with Crippen LogP contribution in [0.1, 0.15) is 12.0 Å². The first-order valence-electron chi connectivity index (χ1n) is 7.38. The van der Waals surface area contributed by atoms with E-state index in [1.165, 1.54) is 16.3 Å². The molecule has 1 heterocycles. The van der Waals surface area contributed by atoms with Crippen LogP contribution in [0, 0.1) is 12.1 Å². The number of hydrogen-bond donors (Lipinski definition) is 0. The Hall–Kier alpha value is -2.20. The largest absolute Gasteiger partial charge is 0.597 e. The van der Waals surface area contributed by atoms with Crippen LogP contribution in [-0.4, -0.2) is 61.8 Å². The average molecular weight is 356 g/mol. The molecule has 9 nitrogen and oxygen atoms in total. The van der Waals surface area contributed by atoms with Crippen molar-refractivity contribution < 1.29 is 22.9 Å². The van der Waals surface area contributed by atoms with Gasteiger partial charge in [0.05, 0.1) is 11.6 Å². The molecule has 1 saturated heterocycles. The molecule has 10 heteroatoms. The Kier molecular flexibility index (Phi) is 5.73. The minimum Gasteiger partial charge on any atom is -0.597 e. The predicted molar refractivity (Wildman–Crippen MR) is 84.2 cm³/mol. The zero-order valence-corrected chi connectivity index (χ0v) is 14.4. The van der Waals surface area contributed by atoms with E-state index >= 15 is 0 Å². The third-order valence-corrected chi connectivity index (χ3v) is 5.46. The second-order valence-corrected chi connectivity index (χ2v) is 7.36. The van der Waals surface area contributed by atoms with Crippen LogP contribution in [0.2, 0.25) is 0 Å². The van der Waals surface area contributed by atoms with Crippen molar-refractivity contribution in [3.8, 4) is 0 Å². The second-order valence-electron chi connectivity index (χ2n) is 5.42. The number of sulfonamides is 1. The standard InChI is InChI=1S/C14H20N4O5S/c1-12-4-6-13(7-5-12)24(21,22)17-9-3-8-16(11-17)14(19)10-18(20)15-23-2/h4-7H,3,8-11H2,1-2H3/b18-15-. The van der Waals surface area contributed by atoms with Gasteiger partial charge in [0.1, 0.15) is 7.11 Å². The molecular formula is C14H20N4O5S. The van der Waals surface area contributed by atoms with Gasteiger partial charge in [0.15, 0.2) is 5.28 Å². The fraction of sp³-hybridized carbons (Fsp3) is 0.500. The summed E-state index contributed by atoms with van der Waals surface area (Å²) in [6.07, 6.45) is 0.497. The number of benzene rings is 1. The van der Waals surface area contributed by atoms with Crippen LogP contribution >= 0.6 is 0 Å². The van der Waals surface area contributed by atoms with E-state index in [1.54, 1.807) is 24.3 Å². The van der Waals surface area contributed by atoms with Crippen LogP contribution in [0.5, 0.6) is 0 Å². The highest BCUT2D eigenvalue weighted by molar-refractivity contribution is 7.89. The first-order chi connectivity index (χ1) is 11.3. The Balaban J connectivity index is 2.11. The van der Waals surface area contributed by atoms with E-state index < -0.39 is 22.5 Å². The van der Waals surface area contributed by atoms with Crippen LogP contribution in [0.25, 0.3) is 0 Å². The fourth-order valence-corrected chi connectivity index (χ4v) is 3.80. The third kappa shape index (κ3) is 4.20. The summed E-state index contributed by atoms with van der Waals surface area (Å²) in [4.78, 5) is 18.0. The summed E-state index contributed by atoms with van der Waals surface area (Å²) in [5.74, 6) is -0.505.